The molecule has 0 saturated carbocycles. The molecule has 0 bridgehead atoms. The van der Waals surface area contributed by atoms with E-state index in [0.717, 1.165) is 6.54 Å². The van der Waals surface area contributed by atoms with Gasteiger partial charge in [0.05, 0.1) is 5.69 Å². The average molecular weight is 244 g/mol. The molecule has 2 rings (SSSR count). The molecule has 0 saturated heterocycles. The summed E-state index contributed by atoms with van der Waals surface area (Å²) >= 11 is 0. The highest BCUT2D eigenvalue weighted by atomic mass is 15.3. The Bertz CT molecular complexity index is 452. The molecule has 0 aliphatic carbocycles. The molecule has 0 amide bonds. The maximum absolute atomic E-state index is 4.29. The van der Waals surface area contributed by atoms with Crippen LogP contribution in [0.1, 0.15) is 46.1 Å². The maximum Gasteiger partial charge on any atom is 0.0682 e. The van der Waals surface area contributed by atoms with Crippen LogP contribution in [0.15, 0.2) is 36.5 Å². The number of hydrogen-bond donors (Lipinski definition) is 0. The lowest BCUT2D eigenvalue weighted by Crippen LogP contribution is -1.98. The standard InChI is InChI=1S/C14H18N2.C2H6/c1-4-16-14(9-10-15-16)13-7-5-12(6-8-13)11(2)3;1-2/h5-11H,4H2,1-3H3;1-2H3. The van der Waals surface area contributed by atoms with E-state index in [1.165, 1.54) is 16.8 Å². The van der Waals surface area contributed by atoms with E-state index in [-0.39, 0.29) is 0 Å². The van der Waals surface area contributed by atoms with Crippen LogP contribution in [0, 0.1) is 0 Å². The van der Waals surface area contributed by atoms with Crippen molar-refractivity contribution in [2.75, 3.05) is 0 Å². The van der Waals surface area contributed by atoms with Gasteiger partial charge in [0.2, 0.25) is 0 Å². The van der Waals surface area contributed by atoms with Gasteiger partial charge in [0.25, 0.3) is 0 Å². The number of nitrogens with zero attached hydrogens (tertiary/aromatic N) is 2. The first kappa shape index (κ1) is 14.5. The SMILES string of the molecule is CC.CCn1nccc1-c1ccc(C(C)C)cc1. The van der Waals surface area contributed by atoms with Gasteiger partial charge in [-0.2, -0.15) is 5.10 Å². The van der Waals surface area contributed by atoms with Gasteiger partial charge in [-0.15, -0.1) is 0 Å². The van der Waals surface area contributed by atoms with Gasteiger partial charge in [-0.1, -0.05) is 52.0 Å². The fourth-order valence-corrected chi connectivity index (χ4v) is 1.87. The number of aromatic nitrogens is 2. The first-order valence-corrected chi connectivity index (χ1v) is 6.84. The van der Waals surface area contributed by atoms with E-state index in [9.17, 15) is 0 Å². The van der Waals surface area contributed by atoms with Crippen LogP contribution in [0.3, 0.4) is 0 Å². The molecule has 2 heteroatoms. The molecule has 0 aliphatic heterocycles. The Morgan fingerprint density at radius 3 is 2.17 bits per heavy atom. The van der Waals surface area contributed by atoms with E-state index in [1.807, 2.05) is 24.7 Å². The summed E-state index contributed by atoms with van der Waals surface area (Å²) in [4.78, 5) is 0. The summed E-state index contributed by atoms with van der Waals surface area (Å²) in [6, 6.07) is 10.8. The smallest absolute Gasteiger partial charge is 0.0682 e. The Hall–Kier alpha value is -1.57. The molecule has 1 heterocycles. The van der Waals surface area contributed by atoms with Crippen molar-refractivity contribution in [2.45, 2.75) is 47.1 Å². The second-order valence-corrected chi connectivity index (χ2v) is 4.31. The molecule has 0 unspecified atom stereocenters. The van der Waals surface area contributed by atoms with Crippen LogP contribution in [0.25, 0.3) is 11.3 Å². The fraction of sp³-hybridized carbons (Fsp3) is 0.438. The van der Waals surface area contributed by atoms with Gasteiger partial charge in [0.15, 0.2) is 0 Å². The summed E-state index contributed by atoms with van der Waals surface area (Å²) in [5, 5.41) is 4.29. The first-order valence-electron chi connectivity index (χ1n) is 6.84. The fourth-order valence-electron chi connectivity index (χ4n) is 1.87. The molecule has 2 nitrogen and oxygen atoms in total. The zero-order valence-corrected chi connectivity index (χ0v) is 12.1. The lowest BCUT2D eigenvalue weighted by molar-refractivity contribution is 0.667. The Kier molecular flexibility index (Phi) is 5.63. The van der Waals surface area contributed by atoms with Gasteiger partial charge in [0, 0.05) is 12.7 Å². The third-order valence-corrected chi connectivity index (χ3v) is 2.89. The molecule has 0 N–H and O–H groups in total. The second kappa shape index (κ2) is 7.00. The monoisotopic (exact) mass is 244 g/mol. The molecule has 0 atom stereocenters. The van der Waals surface area contributed by atoms with E-state index in [1.54, 1.807) is 0 Å². The minimum absolute atomic E-state index is 0.588. The highest BCUT2D eigenvalue weighted by molar-refractivity contribution is 5.59. The third-order valence-electron chi connectivity index (χ3n) is 2.89. The number of hydrogen-bond acceptors (Lipinski definition) is 1. The summed E-state index contributed by atoms with van der Waals surface area (Å²) in [7, 11) is 0. The van der Waals surface area contributed by atoms with Gasteiger partial charge >= 0.3 is 0 Å². The third kappa shape index (κ3) is 3.22. The van der Waals surface area contributed by atoms with Crippen molar-refractivity contribution in [1.29, 1.82) is 0 Å². The van der Waals surface area contributed by atoms with Crippen LogP contribution in [0.2, 0.25) is 0 Å². The Balaban J connectivity index is 0.000000771. The Morgan fingerprint density at radius 2 is 1.67 bits per heavy atom. The molecule has 98 valence electrons. The van der Waals surface area contributed by atoms with E-state index >= 15 is 0 Å². The van der Waals surface area contributed by atoms with E-state index in [2.05, 4.69) is 56.2 Å². The number of aryl methyl sites for hydroxylation is 1. The van der Waals surface area contributed by atoms with Gasteiger partial charge in [-0.25, -0.2) is 0 Å². The minimum Gasteiger partial charge on any atom is -0.265 e. The minimum atomic E-state index is 0.588. The predicted molar refractivity (Wildman–Crippen MR) is 78.8 cm³/mol. The summed E-state index contributed by atoms with van der Waals surface area (Å²) in [5.41, 5.74) is 3.81. The van der Waals surface area contributed by atoms with E-state index in [0.29, 0.717) is 5.92 Å². The van der Waals surface area contributed by atoms with Gasteiger partial charge in [0.1, 0.15) is 0 Å². The van der Waals surface area contributed by atoms with Crippen molar-refractivity contribution in [3.05, 3.63) is 42.1 Å². The highest BCUT2D eigenvalue weighted by Crippen LogP contribution is 2.22. The van der Waals surface area contributed by atoms with Crippen LogP contribution < -0.4 is 0 Å². The molecule has 0 aliphatic rings. The average Bonchev–Trinajstić information content (AvgIpc) is 2.89. The molecule has 18 heavy (non-hydrogen) atoms. The topological polar surface area (TPSA) is 17.8 Å². The van der Waals surface area contributed by atoms with E-state index < -0.39 is 0 Å². The zero-order chi connectivity index (χ0) is 13.5. The lowest BCUT2D eigenvalue weighted by Gasteiger charge is -2.08. The number of rotatable bonds is 3. The van der Waals surface area contributed by atoms with Crippen molar-refractivity contribution in [1.82, 2.24) is 9.78 Å². The summed E-state index contributed by atoms with van der Waals surface area (Å²) < 4.78 is 2.02. The van der Waals surface area contributed by atoms with Crippen molar-refractivity contribution >= 4 is 0 Å². The molecule has 0 radical (unpaired) electrons. The van der Waals surface area contributed by atoms with Gasteiger partial charge < -0.3 is 0 Å². The number of benzene rings is 1. The maximum atomic E-state index is 4.29. The van der Waals surface area contributed by atoms with Gasteiger partial charge in [-0.05, 0) is 30.0 Å². The second-order valence-electron chi connectivity index (χ2n) is 4.31. The molecule has 0 fully saturated rings. The van der Waals surface area contributed by atoms with Crippen molar-refractivity contribution in [3.63, 3.8) is 0 Å². The first-order chi connectivity index (χ1) is 8.72. The molecule has 2 aromatic rings. The normalized spacial score (nSPS) is 10.1. The molecular formula is C16H24N2. The zero-order valence-electron chi connectivity index (χ0n) is 12.1. The quantitative estimate of drug-likeness (QED) is 0.764. The van der Waals surface area contributed by atoms with E-state index in [4.69, 9.17) is 0 Å². The highest BCUT2D eigenvalue weighted by Gasteiger charge is 2.04. The van der Waals surface area contributed by atoms with Crippen LogP contribution in [0.4, 0.5) is 0 Å². The Labute approximate surface area is 111 Å². The van der Waals surface area contributed by atoms with Crippen LogP contribution in [-0.4, -0.2) is 9.78 Å². The summed E-state index contributed by atoms with van der Waals surface area (Å²) in [5.74, 6) is 0.588. The summed E-state index contributed by atoms with van der Waals surface area (Å²) in [6.07, 6.45) is 1.86. The van der Waals surface area contributed by atoms with Crippen molar-refractivity contribution < 1.29 is 0 Å². The predicted octanol–water partition coefficient (Wildman–Crippen LogP) is 4.72. The van der Waals surface area contributed by atoms with Crippen LogP contribution in [-0.2, 0) is 6.54 Å². The molecule has 1 aromatic heterocycles. The van der Waals surface area contributed by atoms with Crippen molar-refractivity contribution in [3.8, 4) is 11.3 Å². The summed E-state index contributed by atoms with van der Waals surface area (Å²) in [6.45, 7) is 11.4. The molecule has 1 aromatic carbocycles. The Morgan fingerprint density at radius 1 is 1.06 bits per heavy atom. The van der Waals surface area contributed by atoms with Gasteiger partial charge in [-0.3, -0.25) is 4.68 Å². The van der Waals surface area contributed by atoms with Crippen LogP contribution in [0.5, 0.6) is 0 Å². The molecule has 0 spiro atoms. The molecular weight excluding hydrogens is 220 g/mol. The lowest BCUT2D eigenvalue weighted by atomic mass is 10.0. The largest absolute Gasteiger partial charge is 0.265 e. The van der Waals surface area contributed by atoms with Crippen LogP contribution >= 0.6 is 0 Å². The van der Waals surface area contributed by atoms with Crippen molar-refractivity contribution in [2.24, 2.45) is 0 Å².